The molecule has 2 aromatic rings. The van der Waals surface area contributed by atoms with Crippen LogP contribution in [0, 0.1) is 0 Å². The van der Waals surface area contributed by atoms with Crippen molar-refractivity contribution in [2.75, 3.05) is 32.7 Å². The molecule has 0 atom stereocenters. The summed E-state index contributed by atoms with van der Waals surface area (Å²) in [5.74, 6) is 1.57. The van der Waals surface area contributed by atoms with Crippen LogP contribution in [0.2, 0.25) is 0 Å². The highest BCUT2D eigenvalue weighted by atomic mass is 16.5. The Kier molecular flexibility index (Phi) is 5.13. The van der Waals surface area contributed by atoms with Gasteiger partial charge in [0.2, 0.25) is 11.8 Å². The molecule has 0 aliphatic carbocycles. The van der Waals surface area contributed by atoms with Gasteiger partial charge in [-0.15, -0.1) is 0 Å². The monoisotopic (exact) mass is 371 g/mol. The van der Waals surface area contributed by atoms with Crippen molar-refractivity contribution < 1.29 is 18.9 Å². The summed E-state index contributed by atoms with van der Waals surface area (Å²) in [4.78, 5) is 8.62. The van der Waals surface area contributed by atoms with Gasteiger partial charge in [0.25, 0.3) is 0 Å². The lowest BCUT2D eigenvalue weighted by Crippen LogP contribution is -2.36. The first-order chi connectivity index (χ1) is 13.2. The van der Waals surface area contributed by atoms with E-state index in [4.69, 9.17) is 24.7 Å². The maximum atomic E-state index is 5.93. The fourth-order valence-electron chi connectivity index (χ4n) is 3.65. The van der Waals surface area contributed by atoms with Crippen molar-refractivity contribution in [2.24, 2.45) is 0 Å². The number of aryl methyl sites for hydroxylation is 1. The highest BCUT2D eigenvalue weighted by molar-refractivity contribution is 5.39. The molecule has 0 saturated carbocycles. The second-order valence-electron chi connectivity index (χ2n) is 6.94. The molecule has 2 N–H and O–H groups in total. The zero-order valence-corrected chi connectivity index (χ0v) is 15.6. The SMILES string of the molecule is COC1(c2cc(OCc3ccc4c(c3)OCCC4)nc(N)n2)CCOCC1. The van der Waals surface area contributed by atoms with Gasteiger partial charge in [0.1, 0.15) is 18.0 Å². The molecule has 0 bridgehead atoms. The predicted octanol–water partition coefficient (Wildman–Crippen LogP) is 2.61. The Bertz CT molecular complexity index is 806. The molecule has 0 amide bonds. The van der Waals surface area contributed by atoms with E-state index < -0.39 is 5.60 Å². The number of nitrogen functional groups attached to an aromatic ring is 1. The van der Waals surface area contributed by atoms with Gasteiger partial charge in [0.15, 0.2) is 0 Å². The van der Waals surface area contributed by atoms with Crippen LogP contribution in [0.5, 0.6) is 11.6 Å². The topological polar surface area (TPSA) is 88.7 Å². The molecule has 7 heteroatoms. The largest absolute Gasteiger partial charge is 0.493 e. The molecule has 27 heavy (non-hydrogen) atoms. The van der Waals surface area contributed by atoms with E-state index in [-0.39, 0.29) is 5.95 Å². The number of hydrogen-bond donors (Lipinski definition) is 1. The molecule has 2 aliphatic heterocycles. The summed E-state index contributed by atoms with van der Waals surface area (Å²) in [5.41, 5.74) is 8.44. The van der Waals surface area contributed by atoms with Crippen LogP contribution in [0.15, 0.2) is 24.3 Å². The lowest BCUT2D eigenvalue weighted by molar-refractivity contribution is -0.0974. The first-order valence-corrected chi connectivity index (χ1v) is 9.34. The van der Waals surface area contributed by atoms with Crippen LogP contribution in [0.1, 0.15) is 36.1 Å². The number of fused-ring (bicyclic) bond motifs is 1. The molecule has 4 rings (SSSR count). The third kappa shape index (κ3) is 3.84. The van der Waals surface area contributed by atoms with Gasteiger partial charge in [0.05, 0.1) is 12.3 Å². The average Bonchev–Trinajstić information content (AvgIpc) is 2.72. The van der Waals surface area contributed by atoms with Crippen molar-refractivity contribution in [1.29, 1.82) is 0 Å². The van der Waals surface area contributed by atoms with Gasteiger partial charge in [-0.2, -0.15) is 4.98 Å². The predicted molar refractivity (Wildman–Crippen MR) is 99.8 cm³/mol. The Morgan fingerprint density at radius 1 is 1.15 bits per heavy atom. The van der Waals surface area contributed by atoms with Crippen LogP contribution in [-0.2, 0) is 28.1 Å². The average molecular weight is 371 g/mol. The van der Waals surface area contributed by atoms with Crippen LogP contribution in [0.25, 0.3) is 0 Å². The highest BCUT2D eigenvalue weighted by Gasteiger charge is 2.36. The molecule has 144 valence electrons. The smallest absolute Gasteiger partial charge is 0.223 e. The second kappa shape index (κ2) is 7.70. The number of aromatic nitrogens is 2. The summed E-state index contributed by atoms with van der Waals surface area (Å²) in [6.07, 6.45) is 3.58. The number of methoxy groups -OCH3 is 1. The fraction of sp³-hybridized carbons (Fsp3) is 0.500. The third-order valence-corrected chi connectivity index (χ3v) is 5.24. The Morgan fingerprint density at radius 3 is 2.81 bits per heavy atom. The molecule has 3 heterocycles. The van der Waals surface area contributed by atoms with Crippen LogP contribution in [0.4, 0.5) is 5.95 Å². The van der Waals surface area contributed by atoms with Crippen molar-refractivity contribution in [3.63, 3.8) is 0 Å². The van der Waals surface area contributed by atoms with Crippen molar-refractivity contribution in [1.82, 2.24) is 9.97 Å². The molecular weight excluding hydrogens is 346 g/mol. The quantitative estimate of drug-likeness (QED) is 0.864. The standard InChI is InChI=1S/C20H25N3O4/c1-24-20(6-9-25-10-7-20)17-12-18(23-19(21)22-17)27-13-14-4-5-15-3-2-8-26-16(15)11-14/h4-5,11-12H,2-3,6-10,13H2,1H3,(H2,21,22,23). The minimum Gasteiger partial charge on any atom is -0.493 e. The van der Waals surface area contributed by atoms with E-state index in [1.165, 1.54) is 5.56 Å². The van der Waals surface area contributed by atoms with Crippen LogP contribution in [0.3, 0.4) is 0 Å². The van der Waals surface area contributed by atoms with Crippen LogP contribution in [-0.4, -0.2) is 36.9 Å². The van der Waals surface area contributed by atoms with Crippen molar-refractivity contribution in [3.05, 3.63) is 41.1 Å². The van der Waals surface area contributed by atoms with E-state index in [2.05, 4.69) is 22.1 Å². The molecule has 0 unspecified atom stereocenters. The number of anilines is 1. The van der Waals surface area contributed by atoms with Crippen molar-refractivity contribution in [3.8, 4) is 11.6 Å². The Balaban J connectivity index is 1.52. The molecular formula is C20H25N3O4. The van der Waals surface area contributed by atoms with Crippen LogP contribution >= 0.6 is 0 Å². The van der Waals surface area contributed by atoms with Gasteiger partial charge in [-0.1, -0.05) is 12.1 Å². The van der Waals surface area contributed by atoms with Gasteiger partial charge in [-0.3, -0.25) is 0 Å². The summed E-state index contributed by atoms with van der Waals surface area (Å²) >= 11 is 0. The summed E-state index contributed by atoms with van der Waals surface area (Å²) in [6.45, 7) is 2.41. The first kappa shape index (κ1) is 18.0. The van der Waals surface area contributed by atoms with Crippen LogP contribution < -0.4 is 15.2 Å². The third-order valence-electron chi connectivity index (χ3n) is 5.24. The Hall–Kier alpha value is -2.38. The first-order valence-electron chi connectivity index (χ1n) is 9.34. The molecule has 1 saturated heterocycles. The van der Waals surface area contributed by atoms with Gasteiger partial charge < -0.3 is 24.7 Å². The molecule has 7 nitrogen and oxygen atoms in total. The summed E-state index contributed by atoms with van der Waals surface area (Å²) in [5, 5.41) is 0. The van der Waals surface area contributed by atoms with E-state index in [1.807, 2.05) is 12.1 Å². The van der Waals surface area contributed by atoms with Gasteiger partial charge in [-0.25, -0.2) is 4.98 Å². The minimum atomic E-state index is -0.507. The number of benzene rings is 1. The Labute approximate surface area is 158 Å². The van der Waals surface area contributed by atoms with Crippen molar-refractivity contribution >= 4 is 5.95 Å². The van der Waals surface area contributed by atoms with Gasteiger partial charge in [0, 0.05) is 39.2 Å². The second-order valence-corrected chi connectivity index (χ2v) is 6.94. The summed E-state index contributed by atoms with van der Waals surface area (Å²) in [7, 11) is 1.69. The summed E-state index contributed by atoms with van der Waals surface area (Å²) < 4.78 is 22.9. The number of ether oxygens (including phenoxy) is 4. The zero-order chi connectivity index (χ0) is 18.7. The number of rotatable bonds is 5. The molecule has 0 spiro atoms. The maximum Gasteiger partial charge on any atom is 0.223 e. The van der Waals surface area contributed by atoms with E-state index in [0.717, 1.165) is 49.3 Å². The number of nitrogens with two attached hydrogens (primary N) is 1. The molecule has 2 aliphatic rings. The molecule has 0 radical (unpaired) electrons. The number of hydrogen-bond acceptors (Lipinski definition) is 7. The molecule has 1 fully saturated rings. The highest BCUT2D eigenvalue weighted by Crippen LogP contribution is 2.36. The normalized spacial score (nSPS) is 18.4. The minimum absolute atomic E-state index is 0.180. The van der Waals surface area contributed by atoms with E-state index in [0.29, 0.717) is 25.7 Å². The van der Waals surface area contributed by atoms with Crippen molar-refractivity contribution in [2.45, 2.75) is 37.9 Å². The molecule has 1 aromatic carbocycles. The lowest BCUT2D eigenvalue weighted by atomic mass is 9.90. The molecule has 1 aromatic heterocycles. The zero-order valence-electron chi connectivity index (χ0n) is 15.6. The fourth-order valence-corrected chi connectivity index (χ4v) is 3.65. The lowest BCUT2D eigenvalue weighted by Gasteiger charge is -2.35. The number of nitrogens with zero attached hydrogens (tertiary/aromatic N) is 2. The van der Waals surface area contributed by atoms with E-state index in [9.17, 15) is 0 Å². The Morgan fingerprint density at radius 2 is 2.00 bits per heavy atom. The van der Waals surface area contributed by atoms with Gasteiger partial charge in [-0.05, 0) is 30.0 Å². The van der Waals surface area contributed by atoms with Gasteiger partial charge >= 0.3 is 0 Å². The van der Waals surface area contributed by atoms with E-state index >= 15 is 0 Å². The maximum absolute atomic E-state index is 5.93. The van der Waals surface area contributed by atoms with E-state index in [1.54, 1.807) is 7.11 Å². The summed E-state index contributed by atoms with van der Waals surface area (Å²) in [6, 6.07) is 8.03.